The molecular weight excluding hydrogens is 314 g/mol. The van der Waals surface area contributed by atoms with E-state index in [1.54, 1.807) is 0 Å². The van der Waals surface area contributed by atoms with Crippen molar-refractivity contribution in [3.8, 4) is 0 Å². The molecule has 1 aliphatic carbocycles. The Morgan fingerprint density at radius 3 is 2.80 bits per heavy atom. The molecule has 1 aliphatic heterocycles. The van der Waals surface area contributed by atoms with Crippen LogP contribution in [0.25, 0.3) is 0 Å². The topological polar surface area (TPSA) is 32.5 Å². The molecule has 1 atom stereocenters. The highest BCUT2D eigenvalue weighted by molar-refractivity contribution is 9.10. The van der Waals surface area contributed by atoms with Gasteiger partial charge in [0, 0.05) is 42.2 Å². The predicted molar refractivity (Wildman–Crippen MR) is 86.6 cm³/mol. The van der Waals surface area contributed by atoms with E-state index in [1.807, 2.05) is 0 Å². The van der Waals surface area contributed by atoms with E-state index in [0.717, 1.165) is 25.7 Å². The second-order valence-electron chi connectivity index (χ2n) is 6.33. The molecule has 1 aromatic rings. The minimum Gasteiger partial charge on any atom is -0.329 e. The van der Waals surface area contributed by atoms with E-state index in [1.165, 1.54) is 35.8 Å². The van der Waals surface area contributed by atoms with Crippen LogP contribution in [-0.4, -0.2) is 48.1 Å². The van der Waals surface area contributed by atoms with E-state index in [4.69, 9.17) is 5.73 Å². The van der Waals surface area contributed by atoms with E-state index in [2.05, 4.69) is 57.0 Å². The molecule has 1 saturated heterocycles. The van der Waals surface area contributed by atoms with Gasteiger partial charge in [-0.1, -0.05) is 34.1 Å². The van der Waals surface area contributed by atoms with Crippen molar-refractivity contribution in [2.45, 2.75) is 37.4 Å². The quantitative estimate of drug-likeness (QED) is 0.895. The number of likely N-dealkylation sites (N-methyl/N-ethyl adjacent to an activating group) is 1. The van der Waals surface area contributed by atoms with Gasteiger partial charge in [-0.05, 0) is 37.9 Å². The van der Waals surface area contributed by atoms with E-state index >= 15 is 0 Å². The SMILES string of the molecule is CN(Cc1ccccc1Br)C1(CN)CCN(C2CC2)C1. The first-order valence-corrected chi connectivity index (χ1v) is 8.33. The lowest BCUT2D eigenvalue weighted by Crippen LogP contribution is -2.53. The first-order valence-electron chi connectivity index (χ1n) is 7.53. The Morgan fingerprint density at radius 2 is 2.15 bits per heavy atom. The summed E-state index contributed by atoms with van der Waals surface area (Å²) in [4.78, 5) is 5.11. The molecule has 1 unspecified atom stereocenters. The lowest BCUT2D eigenvalue weighted by Gasteiger charge is -2.38. The first-order chi connectivity index (χ1) is 9.64. The van der Waals surface area contributed by atoms with Crippen LogP contribution in [0.15, 0.2) is 28.7 Å². The van der Waals surface area contributed by atoms with Gasteiger partial charge in [-0.3, -0.25) is 9.80 Å². The molecule has 110 valence electrons. The summed E-state index contributed by atoms with van der Waals surface area (Å²) >= 11 is 3.65. The zero-order valence-electron chi connectivity index (χ0n) is 12.2. The maximum Gasteiger partial charge on any atom is 0.0471 e. The summed E-state index contributed by atoms with van der Waals surface area (Å²) in [5, 5.41) is 0. The number of benzene rings is 1. The third kappa shape index (κ3) is 2.80. The monoisotopic (exact) mass is 337 g/mol. The smallest absolute Gasteiger partial charge is 0.0471 e. The van der Waals surface area contributed by atoms with Gasteiger partial charge in [0.2, 0.25) is 0 Å². The zero-order valence-corrected chi connectivity index (χ0v) is 13.8. The molecule has 0 aromatic heterocycles. The molecule has 1 saturated carbocycles. The van der Waals surface area contributed by atoms with Crippen LogP contribution in [0.4, 0.5) is 0 Å². The summed E-state index contributed by atoms with van der Waals surface area (Å²) in [5.41, 5.74) is 7.66. The van der Waals surface area contributed by atoms with Gasteiger partial charge in [-0.2, -0.15) is 0 Å². The van der Waals surface area contributed by atoms with Gasteiger partial charge in [0.15, 0.2) is 0 Å². The Bertz CT molecular complexity index is 475. The van der Waals surface area contributed by atoms with E-state index in [-0.39, 0.29) is 5.54 Å². The minimum atomic E-state index is 0.151. The molecule has 1 aromatic carbocycles. The van der Waals surface area contributed by atoms with Gasteiger partial charge in [-0.15, -0.1) is 0 Å². The lowest BCUT2D eigenvalue weighted by atomic mass is 9.96. The standard InChI is InChI=1S/C16H24BrN3/c1-19(10-13-4-2-3-5-15(13)17)16(11-18)8-9-20(12-16)14-6-7-14/h2-5,14H,6-12,18H2,1H3. The van der Waals surface area contributed by atoms with Gasteiger partial charge in [0.1, 0.15) is 0 Å². The average molecular weight is 338 g/mol. The second kappa shape index (κ2) is 5.76. The number of halogens is 1. The van der Waals surface area contributed by atoms with Crippen molar-refractivity contribution in [2.24, 2.45) is 5.73 Å². The van der Waals surface area contributed by atoms with Crippen LogP contribution in [0.1, 0.15) is 24.8 Å². The van der Waals surface area contributed by atoms with E-state index in [9.17, 15) is 0 Å². The minimum absolute atomic E-state index is 0.151. The Hall–Kier alpha value is -0.420. The van der Waals surface area contributed by atoms with Crippen LogP contribution in [0.5, 0.6) is 0 Å². The largest absolute Gasteiger partial charge is 0.329 e. The Kier molecular flexibility index (Phi) is 4.18. The van der Waals surface area contributed by atoms with Crippen molar-refractivity contribution in [1.29, 1.82) is 0 Å². The molecular formula is C16H24BrN3. The molecule has 3 rings (SSSR count). The fraction of sp³-hybridized carbons (Fsp3) is 0.625. The Labute approximate surface area is 130 Å². The van der Waals surface area contributed by atoms with Crippen molar-refractivity contribution in [3.05, 3.63) is 34.3 Å². The fourth-order valence-corrected chi connectivity index (χ4v) is 3.73. The summed E-state index contributed by atoms with van der Waals surface area (Å²) in [7, 11) is 2.22. The van der Waals surface area contributed by atoms with E-state index in [0.29, 0.717) is 0 Å². The number of hydrogen-bond donors (Lipinski definition) is 1. The van der Waals surface area contributed by atoms with Crippen LogP contribution >= 0.6 is 15.9 Å². The molecule has 2 fully saturated rings. The van der Waals surface area contributed by atoms with Gasteiger partial charge in [0.25, 0.3) is 0 Å². The number of rotatable bonds is 5. The van der Waals surface area contributed by atoms with Crippen LogP contribution in [-0.2, 0) is 6.54 Å². The molecule has 20 heavy (non-hydrogen) atoms. The van der Waals surface area contributed by atoms with Crippen molar-refractivity contribution in [2.75, 3.05) is 26.7 Å². The molecule has 4 heteroatoms. The molecule has 0 amide bonds. The van der Waals surface area contributed by atoms with Gasteiger partial charge < -0.3 is 5.73 Å². The molecule has 2 N–H and O–H groups in total. The summed E-state index contributed by atoms with van der Waals surface area (Å²) in [6.07, 6.45) is 3.96. The maximum absolute atomic E-state index is 6.16. The normalized spacial score (nSPS) is 27.4. The zero-order chi connectivity index (χ0) is 14.2. The van der Waals surface area contributed by atoms with Crippen LogP contribution in [0.3, 0.4) is 0 Å². The summed E-state index contributed by atoms with van der Waals surface area (Å²) in [6, 6.07) is 9.33. The molecule has 0 radical (unpaired) electrons. The number of nitrogens with two attached hydrogens (primary N) is 1. The number of hydrogen-bond acceptors (Lipinski definition) is 3. The third-order valence-electron chi connectivity index (χ3n) is 4.98. The van der Waals surface area contributed by atoms with Crippen LogP contribution in [0, 0.1) is 0 Å². The highest BCUT2D eigenvalue weighted by Crippen LogP contribution is 2.36. The van der Waals surface area contributed by atoms with Crippen LogP contribution in [0.2, 0.25) is 0 Å². The fourth-order valence-electron chi connectivity index (χ4n) is 3.32. The molecule has 1 heterocycles. The predicted octanol–water partition coefficient (Wildman–Crippen LogP) is 2.45. The summed E-state index contributed by atoms with van der Waals surface area (Å²) in [6.45, 7) is 4.05. The Morgan fingerprint density at radius 1 is 1.40 bits per heavy atom. The van der Waals surface area contributed by atoms with Gasteiger partial charge >= 0.3 is 0 Å². The van der Waals surface area contributed by atoms with Gasteiger partial charge in [0.05, 0.1) is 0 Å². The Balaban J connectivity index is 1.71. The van der Waals surface area contributed by atoms with Crippen molar-refractivity contribution < 1.29 is 0 Å². The van der Waals surface area contributed by atoms with Crippen LogP contribution < -0.4 is 5.73 Å². The van der Waals surface area contributed by atoms with Gasteiger partial charge in [-0.25, -0.2) is 0 Å². The van der Waals surface area contributed by atoms with E-state index < -0.39 is 0 Å². The summed E-state index contributed by atoms with van der Waals surface area (Å²) in [5.74, 6) is 0. The number of likely N-dealkylation sites (tertiary alicyclic amines) is 1. The second-order valence-corrected chi connectivity index (χ2v) is 7.18. The number of nitrogens with zero attached hydrogens (tertiary/aromatic N) is 2. The van der Waals surface area contributed by atoms with Crippen molar-refractivity contribution in [1.82, 2.24) is 9.80 Å². The highest BCUT2D eigenvalue weighted by Gasteiger charge is 2.44. The lowest BCUT2D eigenvalue weighted by molar-refractivity contribution is 0.120. The van der Waals surface area contributed by atoms with Crippen molar-refractivity contribution >= 4 is 15.9 Å². The molecule has 0 bridgehead atoms. The first kappa shape index (κ1) is 14.5. The highest BCUT2D eigenvalue weighted by atomic mass is 79.9. The maximum atomic E-state index is 6.16. The molecule has 3 nitrogen and oxygen atoms in total. The summed E-state index contributed by atoms with van der Waals surface area (Å²) < 4.78 is 1.19. The van der Waals surface area contributed by atoms with Crippen molar-refractivity contribution in [3.63, 3.8) is 0 Å². The molecule has 2 aliphatic rings. The third-order valence-corrected chi connectivity index (χ3v) is 5.75. The average Bonchev–Trinajstić information content (AvgIpc) is 3.21. The molecule has 0 spiro atoms.